The Morgan fingerprint density at radius 1 is 0.938 bits per heavy atom. The second-order valence-corrected chi connectivity index (χ2v) is 7.70. The van der Waals surface area contributed by atoms with Gasteiger partial charge in [0.05, 0.1) is 13.0 Å². The summed E-state index contributed by atoms with van der Waals surface area (Å²) in [5.41, 5.74) is 2.54. The number of hydrogen-bond acceptors (Lipinski definition) is 2. The Bertz CT molecular complexity index is 1100. The Morgan fingerprint density at radius 3 is 2.41 bits per heavy atom. The van der Waals surface area contributed by atoms with Crippen LogP contribution in [0.3, 0.4) is 0 Å². The lowest BCUT2D eigenvalue weighted by Crippen LogP contribution is -2.49. The van der Waals surface area contributed by atoms with Crippen LogP contribution in [0.25, 0.3) is 0 Å². The number of nitrogens with one attached hydrogen (secondary N) is 1. The molecule has 1 aliphatic rings. The summed E-state index contributed by atoms with van der Waals surface area (Å²) in [6.45, 7) is 1.12. The van der Waals surface area contributed by atoms with Crippen LogP contribution in [0.15, 0.2) is 72.8 Å². The number of halogens is 2. The zero-order chi connectivity index (χ0) is 22.5. The zero-order valence-electron chi connectivity index (χ0n) is 17.4. The Hall–Kier alpha value is -3.74. The quantitative estimate of drug-likeness (QED) is 0.594. The molecule has 0 radical (unpaired) electrons. The van der Waals surface area contributed by atoms with E-state index in [0.717, 1.165) is 18.1 Å². The van der Waals surface area contributed by atoms with Crippen LogP contribution < -0.4 is 10.2 Å². The van der Waals surface area contributed by atoms with Gasteiger partial charge in [-0.05, 0) is 42.3 Å². The van der Waals surface area contributed by atoms with Gasteiger partial charge < -0.3 is 10.2 Å². The van der Waals surface area contributed by atoms with E-state index in [1.165, 1.54) is 12.1 Å². The summed E-state index contributed by atoms with van der Waals surface area (Å²) in [4.78, 5) is 28.4. The third-order valence-corrected chi connectivity index (χ3v) is 5.36. The Balaban J connectivity index is 1.39. The van der Waals surface area contributed by atoms with Gasteiger partial charge in [-0.1, -0.05) is 36.4 Å². The van der Waals surface area contributed by atoms with Crippen LogP contribution in [0.5, 0.6) is 0 Å². The van der Waals surface area contributed by atoms with Gasteiger partial charge in [0.25, 0.3) is 0 Å². The Kier molecular flexibility index (Phi) is 6.44. The standard InChI is InChI=1S/C25H23F2N3O2/c26-20-8-7-19(23(27)16-20)17-29-13-4-14-30(25(29)32)22-11-9-21(10-12-22)28-24(31)15-18-5-2-1-3-6-18/h1-3,5-12,16H,4,13-15,17H2,(H,28,31). The van der Waals surface area contributed by atoms with Crippen molar-refractivity contribution in [2.24, 2.45) is 0 Å². The van der Waals surface area contributed by atoms with Crippen molar-refractivity contribution in [1.82, 2.24) is 4.90 Å². The van der Waals surface area contributed by atoms with Crippen LogP contribution in [0.4, 0.5) is 25.0 Å². The lowest BCUT2D eigenvalue weighted by atomic mass is 10.1. The predicted molar refractivity (Wildman–Crippen MR) is 119 cm³/mol. The number of benzene rings is 3. The second kappa shape index (κ2) is 9.60. The average Bonchev–Trinajstić information content (AvgIpc) is 2.78. The molecule has 164 valence electrons. The van der Waals surface area contributed by atoms with Crippen molar-refractivity contribution in [2.45, 2.75) is 19.4 Å². The SMILES string of the molecule is O=C(Cc1ccccc1)Nc1ccc(N2CCCN(Cc3ccc(F)cc3F)C2=O)cc1. The van der Waals surface area contributed by atoms with Gasteiger partial charge in [-0.3, -0.25) is 9.69 Å². The number of rotatable bonds is 6. The van der Waals surface area contributed by atoms with Crippen molar-refractivity contribution in [3.05, 3.63) is 95.6 Å². The predicted octanol–water partition coefficient (Wildman–Crippen LogP) is 4.98. The molecular weight excluding hydrogens is 412 g/mol. The van der Waals surface area contributed by atoms with Crippen molar-refractivity contribution in [3.63, 3.8) is 0 Å². The van der Waals surface area contributed by atoms with Gasteiger partial charge in [-0.15, -0.1) is 0 Å². The van der Waals surface area contributed by atoms with Gasteiger partial charge in [-0.25, -0.2) is 13.6 Å². The monoisotopic (exact) mass is 435 g/mol. The topological polar surface area (TPSA) is 52.7 Å². The largest absolute Gasteiger partial charge is 0.326 e. The molecule has 32 heavy (non-hydrogen) atoms. The molecule has 1 heterocycles. The first-order valence-electron chi connectivity index (χ1n) is 10.4. The molecular formula is C25H23F2N3O2. The van der Waals surface area contributed by atoms with Crippen LogP contribution in [0.1, 0.15) is 17.5 Å². The van der Waals surface area contributed by atoms with Gasteiger partial charge in [0.15, 0.2) is 0 Å². The van der Waals surface area contributed by atoms with E-state index in [4.69, 9.17) is 0 Å². The highest BCUT2D eigenvalue weighted by atomic mass is 19.1. The van der Waals surface area contributed by atoms with Crippen molar-refractivity contribution >= 4 is 23.3 Å². The van der Waals surface area contributed by atoms with Gasteiger partial charge in [0.1, 0.15) is 11.6 Å². The minimum Gasteiger partial charge on any atom is -0.326 e. The first-order chi connectivity index (χ1) is 15.5. The molecule has 1 saturated heterocycles. The fourth-order valence-electron chi connectivity index (χ4n) is 3.73. The van der Waals surface area contributed by atoms with E-state index in [1.54, 1.807) is 34.1 Å². The summed E-state index contributed by atoms with van der Waals surface area (Å²) >= 11 is 0. The van der Waals surface area contributed by atoms with E-state index in [0.29, 0.717) is 24.5 Å². The third-order valence-electron chi connectivity index (χ3n) is 5.36. The van der Waals surface area contributed by atoms with Gasteiger partial charge in [-0.2, -0.15) is 0 Å². The first-order valence-corrected chi connectivity index (χ1v) is 10.4. The molecule has 1 N–H and O–H groups in total. The summed E-state index contributed by atoms with van der Waals surface area (Å²) in [6, 6.07) is 19.7. The lowest BCUT2D eigenvalue weighted by Gasteiger charge is -2.35. The van der Waals surface area contributed by atoms with Crippen LogP contribution in [0.2, 0.25) is 0 Å². The Labute approximate surface area is 185 Å². The molecule has 5 nitrogen and oxygen atoms in total. The molecule has 0 bridgehead atoms. The van der Waals surface area contributed by atoms with E-state index < -0.39 is 11.6 Å². The van der Waals surface area contributed by atoms with Crippen LogP contribution in [-0.2, 0) is 17.8 Å². The van der Waals surface area contributed by atoms with Crippen LogP contribution in [0, 0.1) is 11.6 Å². The van der Waals surface area contributed by atoms with E-state index in [-0.39, 0.29) is 30.5 Å². The number of hydrogen-bond donors (Lipinski definition) is 1. The molecule has 0 saturated carbocycles. The molecule has 0 aromatic heterocycles. The normalized spacial score (nSPS) is 13.9. The second-order valence-electron chi connectivity index (χ2n) is 7.70. The molecule has 7 heteroatoms. The molecule has 4 rings (SSSR count). The van der Waals surface area contributed by atoms with Crippen LogP contribution in [-0.4, -0.2) is 29.9 Å². The first kappa shape index (κ1) is 21.5. The highest BCUT2D eigenvalue weighted by molar-refractivity contribution is 5.94. The summed E-state index contributed by atoms with van der Waals surface area (Å²) < 4.78 is 27.2. The van der Waals surface area contributed by atoms with Crippen molar-refractivity contribution in [3.8, 4) is 0 Å². The number of carbonyl (C=O) groups is 2. The summed E-state index contributed by atoms with van der Waals surface area (Å²) in [5.74, 6) is -1.43. The van der Waals surface area contributed by atoms with Crippen molar-refractivity contribution in [1.29, 1.82) is 0 Å². The Morgan fingerprint density at radius 2 is 1.69 bits per heavy atom. The third kappa shape index (κ3) is 5.11. The van der Waals surface area contributed by atoms with Gasteiger partial charge in [0, 0.05) is 36.1 Å². The van der Waals surface area contributed by atoms with E-state index in [9.17, 15) is 18.4 Å². The van der Waals surface area contributed by atoms with E-state index >= 15 is 0 Å². The number of amides is 3. The number of urea groups is 1. The summed E-state index contributed by atoms with van der Waals surface area (Å²) in [7, 11) is 0. The lowest BCUT2D eigenvalue weighted by molar-refractivity contribution is -0.115. The van der Waals surface area contributed by atoms with Gasteiger partial charge in [0.2, 0.25) is 5.91 Å². The fraction of sp³-hybridized carbons (Fsp3) is 0.200. The number of nitrogens with zero attached hydrogens (tertiary/aromatic N) is 2. The number of carbonyl (C=O) groups excluding carboxylic acids is 2. The highest BCUT2D eigenvalue weighted by Crippen LogP contribution is 2.24. The summed E-state index contributed by atoms with van der Waals surface area (Å²) in [5, 5.41) is 2.86. The maximum Gasteiger partial charge on any atom is 0.324 e. The maximum absolute atomic E-state index is 14.0. The molecule has 0 aliphatic carbocycles. The molecule has 3 amide bonds. The smallest absolute Gasteiger partial charge is 0.324 e. The highest BCUT2D eigenvalue weighted by Gasteiger charge is 2.27. The van der Waals surface area contributed by atoms with E-state index in [1.807, 2.05) is 30.3 Å². The fourth-order valence-corrected chi connectivity index (χ4v) is 3.73. The van der Waals surface area contributed by atoms with E-state index in [2.05, 4.69) is 5.32 Å². The average molecular weight is 435 g/mol. The molecule has 1 aliphatic heterocycles. The zero-order valence-corrected chi connectivity index (χ0v) is 17.4. The minimum absolute atomic E-state index is 0.0784. The molecule has 0 spiro atoms. The summed E-state index contributed by atoms with van der Waals surface area (Å²) in [6.07, 6.45) is 1.01. The molecule has 3 aromatic carbocycles. The minimum atomic E-state index is -0.662. The maximum atomic E-state index is 14.0. The number of anilines is 2. The molecule has 1 fully saturated rings. The van der Waals surface area contributed by atoms with Crippen molar-refractivity contribution in [2.75, 3.05) is 23.3 Å². The van der Waals surface area contributed by atoms with Gasteiger partial charge >= 0.3 is 6.03 Å². The molecule has 3 aromatic rings. The molecule has 0 unspecified atom stereocenters. The van der Waals surface area contributed by atoms with Crippen molar-refractivity contribution < 1.29 is 18.4 Å². The molecule has 0 atom stereocenters. The van der Waals surface area contributed by atoms with Crippen LogP contribution >= 0.6 is 0 Å².